The molecule has 0 radical (unpaired) electrons. The Hall–Kier alpha value is -0.550. The molecule has 0 spiro atoms. The first kappa shape index (κ1) is 12.5. The summed E-state index contributed by atoms with van der Waals surface area (Å²) in [5, 5.41) is 0. The SMILES string of the molecule is CCOC(=O)c1c(F)ccc(SC)c1Br. The van der Waals surface area contributed by atoms with Gasteiger partial charge in [0.05, 0.1) is 6.61 Å². The second-order valence-corrected chi connectivity index (χ2v) is 4.30. The van der Waals surface area contributed by atoms with E-state index in [2.05, 4.69) is 15.9 Å². The summed E-state index contributed by atoms with van der Waals surface area (Å²) in [5.41, 5.74) is -0.0382. The van der Waals surface area contributed by atoms with Gasteiger partial charge >= 0.3 is 5.97 Å². The van der Waals surface area contributed by atoms with E-state index in [9.17, 15) is 9.18 Å². The number of hydrogen-bond acceptors (Lipinski definition) is 3. The number of rotatable bonds is 3. The predicted octanol–water partition coefficient (Wildman–Crippen LogP) is 3.49. The Morgan fingerprint density at radius 1 is 1.60 bits per heavy atom. The van der Waals surface area contributed by atoms with Crippen LogP contribution in [-0.4, -0.2) is 18.8 Å². The van der Waals surface area contributed by atoms with E-state index in [-0.39, 0.29) is 12.2 Å². The van der Waals surface area contributed by atoms with Crippen LogP contribution in [0.3, 0.4) is 0 Å². The summed E-state index contributed by atoms with van der Waals surface area (Å²) in [7, 11) is 0. The first-order valence-corrected chi connectivity index (χ1v) is 6.32. The fraction of sp³-hybridized carbons (Fsp3) is 0.300. The van der Waals surface area contributed by atoms with E-state index in [0.717, 1.165) is 4.90 Å². The molecule has 0 aliphatic carbocycles. The van der Waals surface area contributed by atoms with Crippen molar-refractivity contribution in [1.82, 2.24) is 0 Å². The first-order chi connectivity index (χ1) is 7.11. The highest BCUT2D eigenvalue weighted by molar-refractivity contribution is 9.10. The van der Waals surface area contributed by atoms with Gasteiger partial charge in [0.2, 0.25) is 0 Å². The minimum absolute atomic E-state index is 0.0382. The summed E-state index contributed by atoms with van der Waals surface area (Å²) in [6.07, 6.45) is 1.85. The van der Waals surface area contributed by atoms with Crippen LogP contribution < -0.4 is 0 Å². The molecule has 1 aromatic carbocycles. The molecule has 0 aromatic heterocycles. The van der Waals surface area contributed by atoms with Gasteiger partial charge in [0.1, 0.15) is 11.4 Å². The minimum Gasteiger partial charge on any atom is -0.462 e. The Bertz CT molecular complexity index is 382. The molecule has 0 N–H and O–H groups in total. The van der Waals surface area contributed by atoms with Crippen molar-refractivity contribution in [3.8, 4) is 0 Å². The third kappa shape index (κ3) is 2.72. The summed E-state index contributed by atoms with van der Waals surface area (Å²) in [6, 6.07) is 2.88. The van der Waals surface area contributed by atoms with Crippen LogP contribution in [0.15, 0.2) is 21.5 Å². The summed E-state index contributed by atoms with van der Waals surface area (Å²) in [5.74, 6) is -1.21. The van der Waals surface area contributed by atoms with Gasteiger partial charge in [0.15, 0.2) is 0 Å². The number of halogens is 2. The second-order valence-electron chi connectivity index (χ2n) is 2.66. The monoisotopic (exact) mass is 292 g/mol. The number of carbonyl (C=O) groups is 1. The third-order valence-corrected chi connectivity index (χ3v) is 3.62. The molecule has 1 aromatic rings. The lowest BCUT2D eigenvalue weighted by Gasteiger charge is -2.08. The van der Waals surface area contributed by atoms with Crippen molar-refractivity contribution in [3.05, 3.63) is 28.0 Å². The van der Waals surface area contributed by atoms with Crippen molar-refractivity contribution >= 4 is 33.7 Å². The molecule has 0 atom stereocenters. The van der Waals surface area contributed by atoms with Gasteiger partial charge in [-0.15, -0.1) is 11.8 Å². The highest BCUT2D eigenvalue weighted by Crippen LogP contribution is 2.31. The first-order valence-electron chi connectivity index (χ1n) is 4.31. The Labute approximate surface area is 100 Å². The molecule has 1 rings (SSSR count). The summed E-state index contributed by atoms with van der Waals surface area (Å²) in [6.45, 7) is 1.91. The Balaban J connectivity index is 3.20. The molecular formula is C10H10BrFO2S. The molecule has 0 fully saturated rings. The van der Waals surface area contributed by atoms with Crippen LogP contribution in [0, 0.1) is 5.82 Å². The van der Waals surface area contributed by atoms with Gasteiger partial charge in [-0.3, -0.25) is 0 Å². The quantitative estimate of drug-likeness (QED) is 0.630. The van der Waals surface area contributed by atoms with Gasteiger partial charge < -0.3 is 4.74 Å². The highest BCUT2D eigenvalue weighted by atomic mass is 79.9. The number of esters is 1. The molecule has 2 nitrogen and oxygen atoms in total. The van der Waals surface area contributed by atoms with Gasteiger partial charge in [-0.25, -0.2) is 9.18 Å². The zero-order valence-electron chi connectivity index (χ0n) is 8.34. The van der Waals surface area contributed by atoms with Crippen molar-refractivity contribution in [3.63, 3.8) is 0 Å². The van der Waals surface area contributed by atoms with Crippen molar-refractivity contribution < 1.29 is 13.9 Å². The van der Waals surface area contributed by atoms with Gasteiger partial charge in [-0.1, -0.05) is 0 Å². The molecule has 0 amide bonds. The van der Waals surface area contributed by atoms with E-state index in [1.807, 2.05) is 6.26 Å². The number of hydrogen-bond donors (Lipinski definition) is 0. The third-order valence-electron chi connectivity index (χ3n) is 1.76. The smallest absolute Gasteiger partial charge is 0.342 e. The van der Waals surface area contributed by atoms with E-state index >= 15 is 0 Å². The van der Waals surface area contributed by atoms with E-state index in [1.165, 1.54) is 17.8 Å². The largest absolute Gasteiger partial charge is 0.462 e. The minimum atomic E-state index is -0.641. The van der Waals surface area contributed by atoms with Gasteiger partial charge in [-0.2, -0.15) is 0 Å². The van der Waals surface area contributed by atoms with Crippen molar-refractivity contribution in [2.75, 3.05) is 12.9 Å². The molecule has 0 heterocycles. The van der Waals surface area contributed by atoms with Gasteiger partial charge in [-0.05, 0) is 41.2 Å². The molecule has 0 aliphatic rings. The molecule has 0 unspecified atom stereocenters. The maximum atomic E-state index is 13.4. The second kappa shape index (κ2) is 5.51. The van der Waals surface area contributed by atoms with Crippen LogP contribution in [0.25, 0.3) is 0 Å². The fourth-order valence-corrected chi connectivity index (χ4v) is 2.54. The van der Waals surface area contributed by atoms with Crippen LogP contribution in [0.5, 0.6) is 0 Å². The number of carbonyl (C=O) groups excluding carboxylic acids is 1. The molecule has 5 heteroatoms. The summed E-state index contributed by atoms with van der Waals surface area (Å²) in [4.78, 5) is 12.3. The van der Waals surface area contributed by atoms with Crippen LogP contribution >= 0.6 is 27.7 Å². The van der Waals surface area contributed by atoms with Crippen LogP contribution in [0.1, 0.15) is 17.3 Å². The average Bonchev–Trinajstić information content (AvgIpc) is 2.18. The van der Waals surface area contributed by atoms with E-state index in [4.69, 9.17) is 4.74 Å². The van der Waals surface area contributed by atoms with Crippen LogP contribution in [-0.2, 0) is 4.74 Å². The number of thioether (sulfide) groups is 1. The standard InChI is InChI=1S/C10H10BrFO2S/c1-3-14-10(13)8-6(12)4-5-7(15-2)9(8)11/h4-5H,3H2,1-2H3. The van der Waals surface area contributed by atoms with E-state index in [0.29, 0.717) is 4.47 Å². The normalized spacial score (nSPS) is 10.1. The van der Waals surface area contributed by atoms with Crippen molar-refractivity contribution in [2.45, 2.75) is 11.8 Å². The lowest BCUT2D eigenvalue weighted by Crippen LogP contribution is -2.08. The molecule has 82 valence electrons. The predicted molar refractivity (Wildman–Crippen MR) is 61.8 cm³/mol. The molecule has 0 aliphatic heterocycles. The highest BCUT2D eigenvalue weighted by Gasteiger charge is 2.19. The van der Waals surface area contributed by atoms with E-state index in [1.54, 1.807) is 13.0 Å². The molecule has 0 saturated heterocycles. The van der Waals surface area contributed by atoms with Crippen LogP contribution in [0.4, 0.5) is 4.39 Å². The summed E-state index contributed by atoms with van der Waals surface area (Å²) >= 11 is 4.63. The van der Waals surface area contributed by atoms with E-state index < -0.39 is 11.8 Å². The molecule has 0 bridgehead atoms. The Kier molecular flexibility index (Phi) is 4.60. The summed E-state index contributed by atoms with van der Waals surface area (Å²) < 4.78 is 18.6. The molecule has 15 heavy (non-hydrogen) atoms. The lowest BCUT2D eigenvalue weighted by atomic mass is 10.2. The fourth-order valence-electron chi connectivity index (χ4n) is 1.08. The number of ether oxygens (including phenoxy) is 1. The Morgan fingerprint density at radius 2 is 2.27 bits per heavy atom. The van der Waals surface area contributed by atoms with Crippen molar-refractivity contribution in [2.24, 2.45) is 0 Å². The Morgan fingerprint density at radius 3 is 2.80 bits per heavy atom. The molecular weight excluding hydrogens is 283 g/mol. The van der Waals surface area contributed by atoms with Gasteiger partial charge in [0.25, 0.3) is 0 Å². The van der Waals surface area contributed by atoms with Crippen LogP contribution in [0.2, 0.25) is 0 Å². The van der Waals surface area contributed by atoms with Gasteiger partial charge in [0, 0.05) is 9.37 Å². The maximum absolute atomic E-state index is 13.4. The topological polar surface area (TPSA) is 26.3 Å². The zero-order valence-corrected chi connectivity index (χ0v) is 10.7. The average molecular weight is 293 g/mol. The lowest BCUT2D eigenvalue weighted by molar-refractivity contribution is 0.0519. The van der Waals surface area contributed by atoms with Crippen molar-refractivity contribution in [1.29, 1.82) is 0 Å². The number of benzene rings is 1. The molecule has 0 saturated carbocycles. The maximum Gasteiger partial charge on any atom is 0.342 e. The zero-order chi connectivity index (χ0) is 11.4.